The summed E-state index contributed by atoms with van der Waals surface area (Å²) in [6, 6.07) is 0.501. The van der Waals surface area contributed by atoms with Crippen LogP contribution in [0.1, 0.15) is 35.6 Å². The molecule has 1 aromatic rings. The van der Waals surface area contributed by atoms with Gasteiger partial charge in [-0.25, -0.2) is 4.98 Å². The van der Waals surface area contributed by atoms with Crippen LogP contribution in [0, 0.1) is 12.8 Å². The van der Waals surface area contributed by atoms with Crippen LogP contribution in [0.15, 0.2) is 3.92 Å². The lowest BCUT2D eigenvalue weighted by Gasteiger charge is -2.35. The molecule has 1 saturated heterocycles. The van der Waals surface area contributed by atoms with Crippen LogP contribution in [0.4, 0.5) is 0 Å². The summed E-state index contributed by atoms with van der Waals surface area (Å²) in [4.78, 5) is 17.2. The Morgan fingerprint density at radius 2 is 2.28 bits per heavy atom. The number of carbonyl (C=O) groups is 1. The van der Waals surface area contributed by atoms with Crippen LogP contribution in [-0.4, -0.2) is 29.5 Å². The molecule has 6 heteroatoms. The normalized spacial score (nSPS) is 28.1. The van der Waals surface area contributed by atoms with Crippen LogP contribution in [0.25, 0.3) is 0 Å². The van der Waals surface area contributed by atoms with Crippen LogP contribution >= 0.6 is 27.3 Å². The molecule has 0 aromatic carbocycles. The maximum absolute atomic E-state index is 12.2. The summed E-state index contributed by atoms with van der Waals surface area (Å²) in [7, 11) is 0. The molecule has 2 N–H and O–H groups in total. The van der Waals surface area contributed by atoms with E-state index >= 15 is 0 Å². The van der Waals surface area contributed by atoms with Gasteiger partial charge in [0, 0.05) is 12.1 Å². The molecule has 3 unspecified atom stereocenters. The maximum atomic E-state index is 12.2. The molecule has 0 radical (unpaired) electrons. The molecule has 4 nitrogen and oxygen atoms in total. The second kappa shape index (κ2) is 5.67. The van der Waals surface area contributed by atoms with Gasteiger partial charge in [-0.2, -0.15) is 0 Å². The highest BCUT2D eigenvalue weighted by Gasteiger charge is 2.29. The Morgan fingerprint density at radius 1 is 1.56 bits per heavy atom. The summed E-state index contributed by atoms with van der Waals surface area (Å²) >= 11 is 4.70. The third-order valence-corrected chi connectivity index (χ3v) is 5.10. The first-order chi connectivity index (χ1) is 8.49. The first-order valence-corrected chi connectivity index (χ1v) is 7.77. The minimum Gasteiger partial charge on any atom is -0.347 e. The van der Waals surface area contributed by atoms with Crippen molar-refractivity contribution in [3.8, 4) is 0 Å². The number of rotatable bonds is 2. The fourth-order valence-electron chi connectivity index (χ4n) is 2.40. The predicted molar refractivity (Wildman–Crippen MR) is 77.1 cm³/mol. The van der Waals surface area contributed by atoms with Crippen molar-refractivity contribution in [2.45, 2.75) is 39.3 Å². The van der Waals surface area contributed by atoms with Gasteiger partial charge in [-0.3, -0.25) is 4.79 Å². The summed E-state index contributed by atoms with van der Waals surface area (Å²) in [6.45, 7) is 7.20. The molecular formula is C12H18BrN3OS. The Kier molecular flexibility index (Phi) is 4.40. The zero-order valence-electron chi connectivity index (χ0n) is 10.8. The fourth-order valence-corrected chi connectivity index (χ4v) is 3.84. The summed E-state index contributed by atoms with van der Waals surface area (Å²) in [5, 5.41) is 6.54. The Bertz CT molecular complexity index is 439. The van der Waals surface area contributed by atoms with E-state index in [1.165, 1.54) is 11.3 Å². The summed E-state index contributed by atoms with van der Waals surface area (Å²) in [5.74, 6) is 0.491. The molecule has 1 fully saturated rings. The molecule has 1 amide bonds. The van der Waals surface area contributed by atoms with Crippen molar-refractivity contribution >= 4 is 33.2 Å². The third kappa shape index (κ3) is 2.92. The van der Waals surface area contributed by atoms with E-state index < -0.39 is 0 Å². The lowest BCUT2D eigenvalue weighted by Crippen LogP contribution is -2.55. The summed E-state index contributed by atoms with van der Waals surface area (Å²) in [5.41, 5.74) is 0.786. The van der Waals surface area contributed by atoms with Crippen molar-refractivity contribution in [1.29, 1.82) is 0 Å². The Balaban J connectivity index is 2.08. The van der Waals surface area contributed by atoms with E-state index in [0.717, 1.165) is 22.6 Å². The lowest BCUT2D eigenvalue weighted by molar-refractivity contribution is 0.0901. The number of hydrogen-bond acceptors (Lipinski definition) is 4. The smallest absolute Gasteiger partial charge is 0.263 e. The van der Waals surface area contributed by atoms with Gasteiger partial charge in [0.1, 0.15) is 4.88 Å². The highest BCUT2D eigenvalue weighted by Crippen LogP contribution is 2.24. The predicted octanol–water partition coefficient (Wildman–Crippen LogP) is 2.33. The molecule has 0 saturated carbocycles. The number of aryl methyl sites for hydroxylation is 1. The molecule has 2 heterocycles. The lowest BCUT2D eigenvalue weighted by atomic mass is 9.89. The average molecular weight is 332 g/mol. The molecule has 0 aliphatic carbocycles. The maximum Gasteiger partial charge on any atom is 0.263 e. The van der Waals surface area contributed by atoms with E-state index in [-0.39, 0.29) is 11.9 Å². The summed E-state index contributed by atoms with van der Waals surface area (Å²) < 4.78 is 0.757. The molecule has 2 rings (SSSR count). The minimum absolute atomic E-state index is 0.0110. The number of carbonyl (C=O) groups excluding carboxylic acids is 1. The van der Waals surface area contributed by atoms with Gasteiger partial charge in [0.25, 0.3) is 5.91 Å². The zero-order valence-corrected chi connectivity index (χ0v) is 13.2. The number of piperidine rings is 1. The van der Waals surface area contributed by atoms with Crippen molar-refractivity contribution in [3.63, 3.8) is 0 Å². The Labute approximate surface area is 120 Å². The molecule has 1 aliphatic heterocycles. The number of aromatic nitrogens is 1. The molecule has 0 spiro atoms. The molecule has 100 valence electrons. The monoisotopic (exact) mass is 331 g/mol. The number of thiazole rings is 1. The van der Waals surface area contributed by atoms with E-state index in [2.05, 4.69) is 45.4 Å². The van der Waals surface area contributed by atoms with Crippen LogP contribution in [0.3, 0.4) is 0 Å². The molecular weight excluding hydrogens is 314 g/mol. The van der Waals surface area contributed by atoms with Gasteiger partial charge in [0.05, 0.1) is 5.69 Å². The number of hydrogen-bond donors (Lipinski definition) is 2. The molecule has 0 bridgehead atoms. The van der Waals surface area contributed by atoms with Crippen molar-refractivity contribution in [3.05, 3.63) is 14.5 Å². The number of halogens is 1. The quantitative estimate of drug-likeness (QED) is 0.874. The number of amides is 1. The second-order valence-corrected chi connectivity index (χ2v) is 7.16. The van der Waals surface area contributed by atoms with Crippen LogP contribution in [-0.2, 0) is 0 Å². The zero-order chi connectivity index (χ0) is 13.3. The molecule has 1 aromatic heterocycles. The largest absolute Gasteiger partial charge is 0.347 e. The highest BCUT2D eigenvalue weighted by molar-refractivity contribution is 9.11. The number of nitrogens with zero attached hydrogens (tertiary/aromatic N) is 1. The summed E-state index contributed by atoms with van der Waals surface area (Å²) in [6.07, 6.45) is 1.10. The van der Waals surface area contributed by atoms with Crippen LogP contribution < -0.4 is 10.6 Å². The SMILES string of the molecule is Cc1nc(Br)sc1C(=O)NC1C(C)CCNC1C. The van der Waals surface area contributed by atoms with Gasteiger partial charge in [-0.1, -0.05) is 6.92 Å². The topological polar surface area (TPSA) is 54.0 Å². The van der Waals surface area contributed by atoms with Gasteiger partial charge >= 0.3 is 0 Å². The van der Waals surface area contributed by atoms with Gasteiger partial charge in [-0.15, -0.1) is 11.3 Å². The van der Waals surface area contributed by atoms with Crippen molar-refractivity contribution in [1.82, 2.24) is 15.6 Å². The fraction of sp³-hybridized carbons (Fsp3) is 0.667. The highest BCUT2D eigenvalue weighted by atomic mass is 79.9. The van der Waals surface area contributed by atoms with E-state index in [9.17, 15) is 4.79 Å². The van der Waals surface area contributed by atoms with Crippen LogP contribution in [0.5, 0.6) is 0 Å². The van der Waals surface area contributed by atoms with Crippen molar-refractivity contribution in [2.75, 3.05) is 6.54 Å². The first kappa shape index (κ1) is 14.0. The van der Waals surface area contributed by atoms with Gasteiger partial charge < -0.3 is 10.6 Å². The minimum atomic E-state index is -0.0110. The first-order valence-electron chi connectivity index (χ1n) is 6.16. The molecule has 3 atom stereocenters. The standard InChI is InChI=1S/C12H18BrN3OS/c1-6-4-5-14-7(2)9(6)16-11(17)10-8(3)15-12(13)18-10/h6-7,9,14H,4-5H2,1-3H3,(H,16,17). The van der Waals surface area contributed by atoms with Gasteiger partial charge in [0.2, 0.25) is 0 Å². The number of nitrogens with one attached hydrogen (secondary N) is 2. The second-order valence-electron chi connectivity index (χ2n) is 4.89. The molecule has 1 aliphatic rings. The van der Waals surface area contributed by atoms with Gasteiger partial charge in [-0.05, 0) is 48.7 Å². The molecule has 18 heavy (non-hydrogen) atoms. The van der Waals surface area contributed by atoms with Crippen molar-refractivity contribution < 1.29 is 4.79 Å². The van der Waals surface area contributed by atoms with E-state index in [1.54, 1.807) is 0 Å². The van der Waals surface area contributed by atoms with Gasteiger partial charge in [0.15, 0.2) is 3.92 Å². The van der Waals surface area contributed by atoms with Crippen molar-refractivity contribution in [2.24, 2.45) is 5.92 Å². The average Bonchev–Trinajstić information content (AvgIpc) is 2.63. The van der Waals surface area contributed by atoms with Crippen LogP contribution in [0.2, 0.25) is 0 Å². The Hall–Kier alpha value is -0.460. The van der Waals surface area contributed by atoms with E-state index in [1.807, 2.05) is 6.92 Å². The van der Waals surface area contributed by atoms with E-state index in [4.69, 9.17) is 0 Å². The van der Waals surface area contributed by atoms with E-state index in [0.29, 0.717) is 16.8 Å². The Morgan fingerprint density at radius 3 is 2.83 bits per heavy atom. The third-order valence-electron chi connectivity index (χ3n) is 3.49.